The van der Waals surface area contributed by atoms with Gasteiger partial charge in [-0.05, 0) is 11.7 Å². The van der Waals surface area contributed by atoms with Gasteiger partial charge in [0.2, 0.25) is 14.7 Å². The molecule has 0 radical (unpaired) electrons. The normalized spacial score (nSPS) is 11.9. The molecule has 0 aliphatic rings. The van der Waals surface area contributed by atoms with Gasteiger partial charge in [0.1, 0.15) is 0 Å². The minimum absolute atomic E-state index is 1.96. The quantitative estimate of drug-likeness (QED) is 0.277. The average Bonchev–Trinajstić information content (AvgIpc) is 2.09. The zero-order valence-electron chi connectivity index (χ0n) is 6.56. The second-order valence-electron chi connectivity index (χ2n) is 2.37. The molecule has 0 heterocycles. The van der Waals surface area contributed by atoms with E-state index in [4.69, 9.17) is 0 Å². The van der Waals surface area contributed by atoms with E-state index in [9.17, 15) is 30.4 Å². The maximum atomic E-state index is 12.7. The molecule has 0 spiro atoms. The molecule has 0 aromatic heterocycles. The summed E-state index contributed by atoms with van der Waals surface area (Å²) in [6.07, 6.45) is 0. The van der Waals surface area contributed by atoms with Crippen LogP contribution in [0.2, 0.25) is 0 Å². The first-order chi connectivity index (χ1) is 6.68. The van der Waals surface area contributed by atoms with Crippen molar-refractivity contribution in [2.24, 2.45) is 0 Å². The van der Waals surface area contributed by atoms with E-state index in [-0.39, 0.29) is 0 Å². The Balaban J connectivity index is 3.84. The van der Waals surface area contributed by atoms with Gasteiger partial charge in [0.05, 0.1) is 0 Å². The van der Waals surface area contributed by atoms with Crippen molar-refractivity contribution in [2.75, 3.05) is 0 Å². The van der Waals surface area contributed by atoms with E-state index in [0.717, 1.165) is 0 Å². The highest BCUT2D eigenvalue weighted by Gasteiger charge is 2.31. The first kappa shape index (κ1) is 12.2. The molecule has 1 aromatic carbocycles. The third kappa shape index (κ3) is 1.93. The summed E-state index contributed by atoms with van der Waals surface area (Å²) >= 11 is 2.75. The van der Waals surface area contributed by atoms with Crippen molar-refractivity contribution in [3.05, 3.63) is 29.1 Å². The maximum absolute atomic E-state index is 12.7. The second-order valence-corrected chi connectivity index (χ2v) is 5.17. The zero-order valence-corrected chi connectivity index (χ0v) is 8.27. The van der Waals surface area contributed by atoms with E-state index in [0.29, 0.717) is 0 Å². The summed E-state index contributed by atoms with van der Waals surface area (Å²) in [7, 11) is -4.83. The Labute approximate surface area is 85.4 Å². The van der Waals surface area contributed by atoms with Crippen LogP contribution in [0.4, 0.5) is 22.0 Å². The van der Waals surface area contributed by atoms with Crippen molar-refractivity contribution in [1.29, 1.82) is 0 Å². The highest BCUT2D eigenvalue weighted by Crippen LogP contribution is 2.28. The van der Waals surface area contributed by atoms with E-state index in [1.807, 2.05) is 0 Å². The van der Waals surface area contributed by atoms with E-state index >= 15 is 0 Å². The van der Waals surface area contributed by atoms with Gasteiger partial charge in [0, 0.05) is 0 Å². The average molecular weight is 264 g/mol. The molecule has 0 aliphatic heterocycles. The lowest BCUT2D eigenvalue weighted by Crippen LogP contribution is -2.09. The van der Waals surface area contributed by atoms with Crippen LogP contribution in [-0.2, 0) is 8.87 Å². The summed E-state index contributed by atoms with van der Waals surface area (Å²) in [5.74, 6) is -11.9. The number of halogens is 5. The lowest BCUT2D eigenvalue weighted by atomic mass is 10.3. The minimum Gasteiger partial charge on any atom is -0.212 e. The molecule has 1 aromatic rings. The second kappa shape index (κ2) is 3.63. The van der Waals surface area contributed by atoms with Gasteiger partial charge in [-0.1, -0.05) is 0 Å². The van der Waals surface area contributed by atoms with Crippen molar-refractivity contribution in [1.82, 2.24) is 0 Å². The minimum atomic E-state index is -4.83. The van der Waals surface area contributed by atoms with Gasteiger partial charge in [-0.2, -0.15) is 0 Å². The van der Waals surface area contributed by atoms with Crippen molar-refractivity contribution in [2.45, 2.75) is 4.90 Å². The van der Waals surface area contributed by atoms with Gasteiger partial charge < -0.3 is 0 Å². The molecule has 0 saturated carbocycles. The molecule has 84 valence electrons. The molecule has 0 fully saturated rings. The van der Waals surface area contributed by atoms with Gasteiger partial charge >= 0.3 is 0 Å². The van der Waals surface area contributed by atoms with Crippen LogP contribution in [0.25, 0.3) is 0 Å². The summed E-state index contributed by atoms with van der Waals surface area (Å²) in [4.78, 5) is -1.96. The van der Waals surface area contributed by atoms with Gasteiger partial charge in [0.25, 0.3) is 0 Å². The Bertz CT molecular complexity index is 496. The maximum Gasteiger partial charge on any atom is 0.233 e. The number of rotatable bonds is 1. The largest absolute Gasteiger partial charge is 0.233 e. The molecule has 2 nitrogen and oxygen atoms in total. The van der Waals surface area contributed by atoms with Crippen LogP contribution in [0.1, 0.15) is 0 Å². The predicted molar refractivity (Wildman–Crippen MR) is 42.4 cm³/mol. The van der Waals surface area contributed by atoms with Crippen LogP contribution in [0.15, 0.2) is 4.90 Å². The van der Waals surface area contributed by atoms with Crippen molar-refractivity contribution in [3.8, 4) is 0 Å². The smallest absolute Gasteiger partial charge is 0.212 e. The monoisotopic (exact) mass is 264 g/mol. The molecule has 0 N–H and O–H groups in total. The molecule has 0 amide bonds. The van der Waals surface area contributed by atoms with Crippen LogP contribution in [-0.4, -0.2) is 8.42 Å². The molecule has 0 aliphatic carbocycles. The van der Waals surface area contributed by atoms with Crippen LogP contribution < -0.4 is 0 Å². The van der Waals surface area contributed by atoms with Gasteiger partial charge in [-0.3, -0.25) is 0 Å². The molecule has 0 atom stereocenters. The molecular weight excluding hydrogens is 263 g/mol. The number of thiol groups is 1. The summed E-state index contributed by atoms with van der Waals surface area (Å²) in [5.41, 5.74) is 0. The number of benzene rings is 1. The van der Waals surface area contributed by atoms with Crippen LogP contribution in [0.5, 0.6) is 0 Å². The molecule has 0 saturated heterocycles. The van der Waals surface area contributed by atoms with Crippen LogP contribution >= 0.6 is 11.7 Å². The van der Waals surface area contributed by atoms with E-state index < -0.39 is 42.9 Å². The highest BCUT2D eigenvalue weighted by molar-refractivity contribution is 8.63. The number of hydrogen-bond acceptors (Lipinski definition) is 2. The molecule has 0 unspecified atom stereocenters. The Morgan fingerprint density at radius 2 is 1.00 bits per heavy atom. The molecule has 15 heavy (non-hydrogen) atoms. The molecule has 1 rings (SSSR count). The summed E-state index contributed by atoms with van der Waals surface area (Å²) < 4.78 is 84.1. The van der Waals surface area contributed by atoms with E-state index in [1.54, 1.807) is 0 Å². The predicted octanol–water partition coefficient (Wildman–Crippen LogP) is 2.00. The summed E-state index contributed by atoms with van der Waals surface area (Å²) in [6, 6.07) is 0. The lowest BCUT2D eigenvalue weighted by molar-refractivity contribution is 0.358. The highest BCUT2D eigenvalue weighted by atomic mass is 33.1. The van der Waals surface area contributed by atoms with Crippen molar-refractivity contribution < 1.29 is 30.4 Å². The van der Waals surface area contributed by atoms with E-state index in [1.165, 1.54) is 0 Å². The van der Waals surface area contributed by atoms with Gasteiger partial charge in [-0.15, -0.1) is 0 Å². The Morgan fingerprint density at radius 1 is 0.733 bits per heavy atom. The molecule has 9 heteroatoms. The first-order valence-electron chi connectivity index (χ1n) is 3.16. The Morgan fingerprint density at radius 3 is 1.27 bits per heavy atom. The molecular formula is C6HF5O2S2. The van der Waals surface area contributed by atoms with Crippen molar-refractivity contribution >= 4 is 20.5 Å². The fraction of sp³-hybridized carbons (Fsp3) is 0. The van der Waals surface area contributed by atoms with Gasteiger partial charge in [-0.25, -0.2) is 30.4 Å². The standard InChI is InChI=1S/C6HF5O2S2/c7-1-2(8)4(10)6(15(12,13)14)5(11)3(1)9/h(H,12,13,14). The Kier molecular flexibility index (Phi) is 2.97. The van der Waals surface area contributed by atoms with Crippen LogP contribution in [0.3, 0.4) is 0 Å². The lowest BCUT2D eigenvalue weighted by Gasteiger charge is -2.04. The SMILES string of the molecule is O=S(=O)(S)c1c(F)c(F)c(F)c(F)c1F. The van der Waals surface area contributed by atoms with Gasteiger partial charge in [0.15, 0.2) is 28.2 Å². The van der Waals surface area contributed by atoms with Crippen LogP contribution in [0, 0.1) is 29.1 Å². The van der Waals surface area contributed by atoms with Crippen molar-refractivity contribution in [3.63, 3.8) is 0 Å². The summed E-state index contributed by atoms with van der Waals surface area (Å²) in [6.45, 7) is 0. The molecule has 0 bridgehead atoms. The number of hydrogen-bond donors (Lipinski definition) is 1. The third-order valence-electron chi connectivity index (χ3n) is 1.43. The van der Waals surface area contributed by atoms with E-state index in [2.05, 4.69) is 11.7 Å². The third-order valence-corrected chi connectivity index (χ3v) is 2.85. The first-order valence-corrected chi connectivity index (χ1v) is 5.70. The fourth-order valence-electron chi connectivity index (χ4n) is 0.811. The zero-order chi connectivity index (χ0) is 12.0. The summed E-state index contributed by atoms with van der Waals surface area (Å²) in [5, 5.41) is 0. The topological polar surface area (TPSA) is 34.1 Å². The fourth-order valence-corrected chi connectivity index (χ4v) is 1.92. The Hall–Kier alpha value is -0.830.